The van der Waals surface area contributed by atoms with E-state index in [0.29, 0.717) is 5.56 Å². The molecule has 0 heterocycles. The molecule has 0 radical (unpaired) electrons. The fourth-order valence-electron chi connectivity index (χ4n) is 2.59. The number of Topliss-reactive ketones (excluding diaryl/α,β-unsaturated/α-hetero) is 1. The molecule has 0 saturated carbocycles. The fraction of sp³-hybridized carbons (Fsp3) is 0.222. The molecule has 0 bridgehead atoms. The highest BCUT2D eigenvalue weighted by Gasteiger charge is 2.18. The molecule has 0 aliphatic heterocycles. The van der Waals surface area contributed by atoms with Crippen molar-refractivity contribution in [1.82, 2.24) is 0 Å². The van der Waals surface area contributed by atoms with Crippen LogP contribution < -0.4 is 0 Å². The van der Waals surface area contributed by atoms with E-state index < -0.39 is 18.3 Å². The number of carbonyl (C=O) groups excluding carboxylic acids is 2. The minimum atomic E-state index is -0.821. The summed E-state index contributed by atoms with van der Waals surface area (Å²) in [5.74, 6) is -1.68. The fourth-order valence-corrected chi connectivity index (χ4v) is 2.59. The van der Waals surface area contributed by atoms with E-state index >= 15 is 0 Å². The van der Waals surface area contributed by atoms with Gasteiger partial charge in [0, 0.05) is 11.6 Å². The number of phenols is 2. The highest BCUT2D eigenvalue weighted by atomic mass is 16.5. The number of benzene rings is 2. The summed E-state index contributed by atoms with van der Waals surface area (Å²) in [5, 5.41) is 18.8. The van der Waals surface area contributed by atoms with Crippen LogP contribution in [0.25, 0.3) is 0 Å². The minimum Gasteiger partial charge on any atom is -0.508 e. The summed E-state index contributed by atoms with van der Waals surface area (Å²) in [6.07, 6.45) is 0. The monoisotopic (exact) mass is 314 g/mol. The van der Waals surface area contributed by atoms with Gasteiger partial charge in [-0.1, -0.05) is 17.7 Å². The quantitative estimate of drug-likeness (QED) is 0.669. The van der Waals surface area contributed by atoms with Crippen molar-refractivity contribution in [1.29, 1.82) is 0 Å². The van der Waals surface area contributed by atoms with Gasteiger partial charge >= 0.3 is 5.97 Å². The first-order chi connectivity index (χ1) is 10.8. The number of phenolic OH excluding ortho intramolecular Hbond substituents is 2. The minimum absolute atomic E-state index is 0.104. The van der Waals surface area contributed by atoms with Crippen molar-refractivity contribution in [2.24, 2.45) is 0 Å². The number of ketones is 1. The van der Waals surface area contributed by atoms with Gasteiger partial charge < -0.3 is 14.9 Å². The molecular weight excluding hydrogens is 296 g/mol. The molecule has 0 unspecified atom stereocenters. The summed E-state index contributed by atoms with van der Waals surface area (Å²) in [5.41, 5.74) is 3.15. The van der Waals surface area contributed by atoms with Crippen LogP contribution in [0.15, 0.2) is 30.3 Å². The molecule has 0 saturated heterocycles. The Balaban J connectivity index is 2.12. The first-order valence-electron chi connectivity index (χ1n) is 7.09. The molecule has 0 aromatic heterocycles. The maximum Gasteiger partial charge on any atom is 0.342 e. The molecule has 5 heteroatoms. The van der Waals surface area contributed by atoms with Crippen LogP contribution in [0.3, 0.4) is 0 Å². The number of esters is 1. The van der Waals surface area contributed by atoms with Crippen LogP contribution in [0.5, 0.6) is 11.5 Å². The van der Waals surface area contributed by atoms with Crippen molar-refractivity contribution in [3.63, 3.8) is 0 Å². The van der Waals surface area contributed by atoms with E-state index in [9.17, 15) is 19.8 Å². The zero-order chi connectivity index (χ0) is 17.1. The number of hydrogen-bond donors (Lipinski definition) is 2. The summed E-state index contributed by atoms with van der Waals surface area (Å²) in [6.45, 7) is 5.20. The van der Waals surface area contributed by atoms with Gasteiger partial charge in [-0.15, -0.1) is 0 Å². The number of ether oxygens (including phenoxy) is 1. The third kappa shape index (κ3) is 3.69. The van der Waals surface area contributed by atoms with Gasteiger partial charge in [-0.2, -0.15) is 0 Å². The van der Waals surface area contributed by atoms with Gasteiger partial charge in [0.05, 0.1) is 0 Å². The maximum absolute atomic E-state index is 12.3. The molecule has 2 N–H and O–H groups in total. The van der Waals surface area contributed by atoms with Crippen LogP contribution in [-0.4, -0.2) is 28.6 Å². The molecule has 0 atom stereocenters. The summed E-state index contributed by atoms with van der Waals surface area (Å²) < 4.78 is 4.98. The van der Waals surface area contributed by atoms with E-state index in [1.54, 1.807) is 0 Å². The van der Waals surface area contributed by atoms with E-state index in [-0.39, 0.29) is 17.1 Å². The third-order valence-electron chi connectivity index (χ3n) is 3.49. The molecule has 2 aromatic carbocycles. The van der Waals surface area contributed by atoms with E-state index in [2.05, 4.69) is 0 Å². The lowest BCUT2D eigenvalue weighted by atomic mass is 9.97. The molecule has 23 heavy (non-hydrogen) atoms. The lowest BCUT2D eigenvalue weighted by Gasteiger charge is -2.11. The molecule has 120 valence electrons. The van der Waals surface area contributed by atoms with Crippen LogP contribution in [0.2, 0.25) is 0 Å². The first kappa shape index (κ1) is 16.5. The Kier molecular flexibility index (Phi) is 4.69. The second-order valence-electron chi connectivity index (χ2n) is 5.47. The molecule has 0 spiro atoms. The summed E-state index contributed by atoms with van der Waals surface area (Å²) >= 11 is 0. The number of hydrogen-bond acceptors (Lipinski definition) is 5. The van der Waals surface area contributed by atoms with Gasteiger partial charge in [-0.25, -0.2) is 4.79 Å². The van der Waals surface area contributed by atoms with Crippen LogP contribution in [-0.2, 0) is 4.74 Å². The number of aromatic hydroxyl groups is 2. The van der Waals surface area contributed by atoms with Gasteiger partial charge in [0.1, 0.15) is 17.1 Å². The lowest BCUT2D eigenvalue weighted by molar-refractivity contribution is 0.0471. The zero-order valence-corrected chi connectivity index (χ0v) is 13.2. The van der Waals surface area contributed by atoms with Crippen molar-refractivity contribution in [2.45, 2.75) is 20.8 Å². The van der Waals surface area contributed by atoms with Gasteiger partial charge in [0.2, 0.25) is 5.78 Å². The van der Waals surface area contributed by atoms with Gasteiger partial charge in [0.25, 0.3) is 0 Å². The molecule has 2 aromatic rings. The Morgan fingerprint density at radius 3 is 2.17 bits per heavy atom. The van der Waals surface area contributed by atoms with Crippen molar-refractivity contribution in [2.75, 3.05) is 6.61 Å². The zero-order valence-electron chi connectivity index (χ0n) is 13.2. The highest BCUT2D eigenvalue weighted by Crippen LogP contribution is 2.23. The predicted molar refractivity (Wildman–Crippen MR) is 85.0 cm³/mol. The van der Waals surface area contributed by atoms with E-state index in [1.807, 2.05) is 32.9 Å². The van der Waals surface area contributed by atoms with Crippen LogP contribution >= 0.6 is 0 Å². The average molecular weight is 314 g/mol. The second-order valence-corrected chi connectivity index (χ2v) is 5.47. The SMILES string of the molecule is Cc1cc(C)c(C(=O)COC(=O)c2ccc(O)cc2O)c(C)c1. The molecule has 0 fully saturated rings. The Morgan fingerprint density at radius 1 is 1.00 bits per heavy atom. The molecule has 0 aliphatic carbocycles. The van der Waals surface area contributed by atoms with Crippen molar-refractivity contribution < 1.29 is 24.5 Å². The van der Waals surface area contributed by atoms with Crippen molar-refractivity contribution >= 4 is 11.8 Å². The largest absolute Gasteiger partial charge is 0.508 e. The Labute approximate surface area is 134 Å². The normalized spacial score (nSPS) is 10.4. The molecule has 0 aliphatic rings. The number of rotatable bonds is 4. The van der Waals surface area contributed by atoms with Gasteiger partial charge in [-0.3, -0.25) is 4.79 Å². The summed E-state index contributed by atoms with van der Waals surface area (Å²) in [4.78, 5) is 24.2. The third-order valence-corrected chi connectivity index (χ3v) is 3.49. The molecule has 0 amide bonds. The van der Waals surface area contributed by atoms with Crippen LogP contribution in [0, 0.1) is 20.8 Å². The van der Waals surface area contributed by atoms with Crippen molar-refractivity contribution in [3.05, 3.63) is 58.1 Å². The summed E-state index contributed by atoms with van der Waals surface area (Å²) in [6, 6.07) is 7.32. The molecular formula is C18H18O5. The second kappa shape index (κ2) is 6.52. The van der Waals surface area contributed by atoms with Crippen molar-refractivity contribution in [3.8, 4) is 11.5 Å². The highest BCUT2D eigenvalue weighted by molar-refractivity contribution is 6.02. The predicted octanol–water partition coefficient (Wildman–Crippen LogP) is 3.06. The van der Waals surface area contributed by atoms with E-state index in [4.69, 9.17) is 4.74 Å². The lowest BCUT2D eigenvalue weighted by Crippen LogP contribution is -2.16. The Bertz CT molecular complexity index is 754. The Morgan fingerprint density at radius 2 is 1.61 bits per heavy atom. The van der Waals surface area contributed by atoms with Gasteiger partial charge in [0.15, 0.2) is 6.61 Å². The number of aryl methyl sites for hydroxylation is 3. The topological polar surface area (TPSA) is 83.8 Å². The average Bonchev–Trinajstić information content (AvgIpc) is 2.43. The number of carbonyl (C=O) groups is 2. The Hall–Kier alpha value is -2.82. The maximum atomic E-state index is 12.3. The van der Waals surface area contributed by atoms with E-state index in [1.165, 1.54) is 12.1 Å². The smallest absolute Gasteiger partial charge is 0.342 e. The van der Waals surface area contributed by atoms with Gasteiger partial charge in [-0.05, 0) is 44.0 Å². The first-order valence-corrected chi connectivity index (χ1v) is 7.09. The summed E-state index contributed by atoms with van der Waals surface area (Å²) in [7, 11) is 0. The standard InChI is InChI=1S/C18H18O5/c1-10-6-11(2)17(12(3)7-10)16(21)9-23-18(22)14-5-4-13(19)8-15(14)20/h4-8,19-20H,9H2,1-3H3. The molecule has 5 nitrogen and oxygen atoms in total. The van der Waals surface area contributed by atoms with Crippen LogP contribution in [0.1, 0.15) is 37.4 Å². The molecule has 2 rings (SSSR count). The van der Waals surface area contributed by atoms with E-state index in [0.717, 1.165) is 22.8 Å². The van der Waals surface area contributed by atoms with Crippen LogP contribution in [0.4, 0.5) is 0 Å².